The number of aromatic nitrogens is 2. The molecule has 0 radical (unpaired) electrons. The Morgan fingerprint density at radius 2 is 2.30 bits per heavy atom. The summed E-state index contributed by atoms with van der Waals surface area (Å²) in [6, 6.07) is 5.65. The number of halogens is 1. The van der Waals surface area contributed by atoms with Crippen LogP contribution in [0.5, 0.6) is 5.75 Å². The van der Waals surface area contributed by atoms with E-state index in [1.165, 1.54) is 12.8 Å². The Morgan fingerprint density at radius 1 is 1.39 bits per heavy atom. The van der Waals surface area contributed by atoms with Gasteiger partial charge in [-0.3, -0.25) is 0 Å². The summed E-state index contributed by atoms with van der Waals surface area (Å²) in [6.45, 7) is 3.79. The number of ether oxygens (including phenoxy) is 1. The Morgan fingerprint density at radius 3 is 3.09 bits per heavy atom. The van der Waals surface area contributed by atoms with Crippen LogP contribution in [0.4, 0.5) is 0 Å². The van der Waals surface area contributed by atoms with Gasteiger partial charge in [0.25, 0.3) is 0 Å². The van der Waals surface area contributed by atoms with Gasteiger partial charge in [0, 0.05) is 5.02 Å². The lowest BCUT2D eigenvalue weighted by Gasteiger charge is -2.19. The first kappa shape index (κ1) is 16.3. The predicted molar refractivity (Wildman–Crippen MR) is 89.7 cm³/mol. The molecule has 1 aliphatic rings. The number of benzene rings is 1. The molecule has 1 aromatic heterocycles. The van der Waals surface area contributed by atoms with Crippen LogP contribution in [0, 0.1) is 0 Å². The minimum Gasteiger partial charge on any atom is -0.493 e. The summed E-state index contributed by atoms with van der Waals surface area (Å²) in [5.74, 6) is 1.91. The van der Waals surface area contributed by atoms with Gasteiger partial charge >= 0.3 is 0 Å². The van der Waals surface area contributed by atoms with Crippen molar-refractivity contribution >= 4 is 11.6 Å². The fraction of sp³-hybridized carbons (Fsp3) is 0.529. The van der Waals surface area contributed by atoms with Crippen molar-refractivity contribution in [1.82, 2.24) is 15.5 Å². The molecule has 23 heavy (non-hydrogen) atoms. The maximum atomic E-state index is 6.13. The molecule has 1 atom stereocenters. The Balaban J connectivity index is 1.82. The Labute approximate surface area is 141 Å². The van der Waals surface area contributed by atoms with Gasteiger partial charge in [-0.15, -0.1) is 0 Å². The molecule has 0 bridgehead atoms. The lowest BCUT2D eigenvalue weighted by molar-refractivity contribution is 0.297. The molecule has 0 aliphatic carbocycles. The summed E-state index contributed by atoms with van der Waals surface area (Å²) in [4.78, 5) is 4.56. The highest BCUT2D eigenvalue weighted by atomic mass is 35.5. The van der Waals surface area contributed by atoms with Gasteiger partial charge in [-0.1, -0.05) is 36.5 Å². The van der Waals surface area contributed by atoms with Gasteiger partial charge in [-0.2, -0.15) is 4.98 Å². The quantitative estimate of drug-likeness (QED) is 0.793. The molecule has 0 spiro atoms. The van der Waals surface area contributed by atoms with E-state index < -0.39 is 0 Å². The van der Waals surface area contributed by atoms with Crippen molar-refractivity contribution in [2.75, 3.05) is 13.2 Å². The molecule has 5 nitrogen and oxygen atoms in total. The predicted octanol–water partition coefficient (Wildman–Crippen LogP) is 4.38. The number of nitrogens with zero attached hydrogens (tertiary/aromatic N) is 2. The third kappa shape index (κ3) is 4.03. The van der Waals surface area contributed by atoms with Gasteiger partial charge in [0.2, 0.25) is 11.7 Å². The van der Waals surface area contributed by atoms with E-state index >= 15 is 0 Å². The molecule has 1 fully saturated rings. The molecule has 1 aromatic carbocycles. The third-order valence-electron chi connectivity index (χ3n) is 3.99. The van der Waals surface area contributed by atoms with Crippen LogP contribution < -0.4 is 10.1 Å². The van der Waals surface area contributed by atoms with Gasteiger partial charge in [0.15, 0.2) is 0 Å². The molecule has 1 aliphatic heterocycles. The monoisotopic (exact) mass is 335 g/mol. The second-order valence-corrected chi connectivity index (χ2v) is 6.24. The van der Waals surface area contributed by atoms with E-state index in [9.17, 15) is 0 Å². The minimum atomic E-state index is 0.147. The molecule has 1 N–H and O–H groups in total. The van der Waals surface area contributed by atoms with E-state index in [2.05, 4.69) is 22.4 Å². The normalized spacial score (nSPS) is 18.1. The topological polar surface area (TPSA) is 60.2 Å². The van der Waals surface area contributed by atoms with Crippen molar-refractivity contribution in [2.45, 2.75) is 45.1 Å². The van der Waals surface area contributed by atoms with Crippen LogP contribution in [0.15, 0.2) is 22.7 Å². The number of nitrogens with one attached hydrogen (secondary N) is 1. The van der Waals surface area contributed by atoms with Crippen molar-refractivity contribution in [1.29, 1.82) is 0 Å². The van der Waals surface area contributed by atoms with Crippen LogP contribution in [0.25, 0.3) is 11.4 Å². The molecule has 0 unspecified atom stereocenters. The van der Waals surface area contributed by atoms with Crippen LogP contribution in [-0.4, -0.2) is 23.3 Å². The average Bonchev–Trinajstić information content (AvgIpc) is 3.07. The highest BCUT2D eigenvalue weighted by Crippen LogP contribution is 2.32. The molecule has 2 heterocycles. The van der Waals surface area contributed by atoms with E-state index in [0.717, 1.165) is 37.1 Å². The highest BCUT2D eigenvalue weighted by molar-refractivity contribution is 6.30. The fourth-order valence-electron chi connectivity index (χ4n) is 2.68. The molecular weight excluding hydrogens is 314 g/mol. The molecule has 2 aromatic rings. The molecule has 6 heteroatoms. The highest BCUT2D eigenvalue weighted by Gasteiger charge is 2.22. The second-order valence-electron chi connectivity index (χ2n) is 5.80. The van der Waals surface area contributed by atoms with E-state index in [0.29, 0.717) is 23.3 Å². The van der Waals surface area contributed by atoms with Crippen LogP contribution in [0.1, 0.15) is 51.0 Å². The molecule has 124 valence electrons. The fourth-order valence-corrected chi connectivity index (χ4v) is 2.85. The Bertz CT molecular complexity index is 639. The summed E-state index contributed by atoms with van der Waals surface area (Å²) in [5, 5.41) is 8.17. The summed E-state index contributed by atoms with van der Waals surface area (Å²) in [6.07, 6.45) is 5.49. The maximum absolute atomic E-state index is 6.13. The standard InChI is InChI=1S/C17H22ClN3O2/c1-2-3-10-22-15-8-7-12(18)11-13(15)16-20-17(23-21-16)14-6-4-5-9-19-14/h7-8,11,14,19H,2-6,9-10H2,1H3/t14-/m1/s1. The first-order valence-corrected chi connectivity index (χ1v) is 8.65. The molecule has 3 rings (SSSR count). The Kier molecular flexibility index (Phi) is 5.51. The van der Waals surface area contributed by atoms with E-state index in [1.807, 2.05) is 18.2 Å². The zero-order valence-electron chi connectivity index (χ0n) is 13.3. The lowest BCUT2D eigenvalue weighted by Crippen LogP contribution is -2.26. The van der Waals surface area contributed by atoms with Gasteiger partial charge < -0.3 is 14.6 Å². The van der Waals surface area contributed by atoms with Crippen LogP contribution in [-0.2, 0) is 0 Å². The number of unbranched alkanes of at least 4 members (excludes halogenated alkanes) is 1. The lowest BCUT2D eigenvalue weighted by atomic mass is 10.1. The number of hydrogen-bond acceptors (Lipinski definition) is 5. The van der Waals surface area contributed by atoms with Crippen molar-refractivity contribution < 1.29 is 9.26 Å². The third-order valence-corrected chi connectivity index (χ3v) is 4.22. The smallest absolute Gasteiger partial charge is 0.244 e. The summed E-state index contributed by atoms with van der Waals surface area (Å²) in [7, 11) is 0. The maximum Gasteiger partial charge on any atom is 0.244 e. The average molecular weight is 336 g/mol. The van der Waals surface area contributed by atoms with Gasteiger partial charge in [-0.05, 0) is 44.0 Å². The first-order chi connectivity index (χ1) is 11.3. The van der Waals surface area contributed by atoms with Gasteiger partial charge in [0.1, 0.15) is 5.75 Å². The first-order valence-electron chi connectivity index (χ1n) is 8.27. The summed E-state index contributed by atoms with van der Waals surface area (Å²) >= 11 is 6.13. The SMILES string of the molecule is CCCCOc1ccc(Cl)cc1-c1noc([C@H]2CCCCN2)n1. The zero-order chi connectivity index (χ0) is 16.1. The van der Waals surface area contributed by atoms with Gasteiger partial charge in [-0.25, -0.2) is 0 Å². The van der Waals surface area contributed by atoms with Crippen molar-refractivity contribution in [3.8, 4) is 17.1 Å². The summed E-state index contributed by atoms with van der Waals surface area (Å²) < 4.78 is 11.3. The minimum absolute atomic E-state index is 0.147. The number of rotatable bonds is 6. The molecule has 1 saturated heterocycles. The van der Waals surface area contributed by atoms with Crippen LogP contribution >= 0.6 is 11.6 Å². The number of piperidine rings is 1. The van der Waals surface area contributed by atoms with Crippen molar-refractivity contribution in [3.05, 3.63) is 29.1 Å². The van der Waals surface area contributed by atoms with Crippen LogP contribution in [0.3, 0.4) is 0 Å². The van der Waals surface area contributed by atoms with Gasteiger partial charge in [0.05, 0.1) is 18.2 Å². The second kappa shape index (κ2) is 7.79. The van der Waals surface area contributed by atoms with E-state index in [4.69, 9.17) is 20.9 Å². The Hall–Kier alpha value is -1.59. The molecular formula is C17H22ClN3O2. The molecule has 0 amide bonds. The summed E-state index contributed by atoms with van der Waals surface area (Å²) in [5.41, 5.74) is 0.777. The van der Waals surface area contributed by atoms with Crippen molar-refractivity contribution in [3.63, 3.8) is 0 Å². The van der Waals surface area contributed by atoms with E-state index in [1.54, 1.807) is 0 Å². The van der Waals surface area contributed by atoms with Crippen molar-refractivity contribution in [2.24, 2.45) is 0 Å². The zero-order valence-corrected chi connectivity index (χ0v) is 14.1. The number of hydrogen-bond donors (Lipinski definition) is 1. The van der Waals surface area contributed by atoms with E-state index in [-0.39, 0.29) is 6.04 Å². The molecule has 0 saturated carbocycles. The van der Waals surface area contributed by atoms with Crippen LogP contribution in [0.2, 0.25) is 5.02 Å². The largest absolute Gasteiger partial charge is 0.493 e.